The molecule has 0 bridgehead atoms. The van der Waals surface area contributed by atoms with Crippen LogP contribution in [0, 0.1) is 0 Å². The first-order valence-electron chi connectivity index (χ1n) is 8.94. The molecule has 1 aliphatic rings. The fourth-order valence-corrected chi connectivity index (χ4v) is 3.54. The quantitative estimate of drug-likeness (QED) is 0.486. The summed E-state index contributed by atoms with van der Waals surface area (Å²) in [7, 11) is 0. The first-order chi connectivity index (χ1) is 13.8. The second-order valence-corrected chi connectivity index (χ2v) is 7.66. The predicted octanol–water partition coefficient (Wildman–Crippen LogP) is 5.75. The molecule has 3 N–H and O–H groups in total. The lowest BCUT2D eigenvalue weighted by Gasteiger charge is -2.32. The highest BCUT2D eigenvalue weighted by Crippen LogP contribution is 2.32. The van der Waals surface area contributed by atoms with Gasteiger partial charge in [-0.05, 0) is 24.3 Å². The molecule has 4 rings (SSSR count). The first-order valence-corrected chi connectivity index (χ1v) is 9.69. The molecule has 1 saturated heterocycles. The molecule has 2 aromatic heterocycles. The number of piperidine rings is 1. The van der Waals surface area contributed by atoms with Gasteiger partial charge < -0.3 is 20.5 Å². The Hall–Kier alpha value is -2.58. The van der Waals surface area contributed by atoms with Crippen molar-refractivity contribution in [2.75, 3.05) is 28.6 Å². The molecule has 0 saturated carbocycles. The molecule has 152 valence electrons. The summed E-state index contributed by atoms with van der Waals surface area (Å²) in [5.74, 6) is -2.00. The minimum atomic E-state index is -2.60. The van der Waals surface area contributed by atoms with Crippen molar-refractivity contribution in [2.24, 2.45) is 0 Å². The van der Waals surface area contributed by atoms with Crippen molar-refractivity contribution in [3.8, 4) is 0 Å². The smallest absolute Gasteiger partial charge is 0.323 e. The molecule has 0 radical (unpaired) electrons. The van der Waals surface area contributed by atoms with Crippen molar-refractivity contribution in [2.45, 2.75) is 18.8 Å². The van der Waals surface area contributed by atoms with E-state index >= 15 is 0 Å². The molecular formula is C19H17Cl2F2N5O. The molecule has 1 aliphatic heterocycles. The van der Waals surface area contributed by atoms with Gasteiger partial charge in [0.05, 0.1) is 27.6 Å². The van der Waals surface area contributed by atoms with Gasteiger partial charge in [-0.3, -0.25) is 0 Å². The highest BCUT2D eigenvalue weighted by atomic mass is 35.5. The van der Waals surface area contributed by atoms with Crippen LogP contribution in [0.15, 0.2) is 36.7 Å². The van der Waals surface area contributed by atoms with Gasteiger partial charge in [-0.15, -0.1) is 0 Å². The standard InChI is InChI=1S/C19H17Cl2F2N5O/c20-13-7-12-15(8-14(13)21)24-10-16(12)27-18(29)26-11-1-2-17(25-9-11)28-5-3-19(22,23)4-6-28/h1-2,7-10,24H,3-6H2,(H2,26,27,29). The third kappa shape index (κ3) is 4.38. The predicted molar refractivity (Wildman–Crippen MR) is 112 cm³/mol. The summed E-state index contributed by atoms with van der Waals surface area (Å²) in [6.45, 7) is 0.501. The van der Waals surface area contributed by atoms with Crippen LogP contribution < -0.4 is 15.5 Å². The molecule has 0 spiro atoms. The number of benzene rings is 1. The molecule has 29 heavy (non-hydrogen) atoms. The zero-order chi connectivity index (χ0) is 20.6. The number of amides is 2. The van der Waals surface area contributed by atoms with E-state index in [-0.39, 0.29) is 25.9 Å². The van der Waals surface area contributed by atoms with E-state index in [1.807, 2.05) is 4.90 Å². The van der Waals surface area contributed by atoms with Crippen LogP contribution in [-0.4, -0.2) is 35.0 Å². The number of fused-ring (bicyclic) bond motifs is 1. The Morgan fingerprint density at radius 3 is 2.55 bits per heavy atom. The van der Waals surface area contributed by atoms with Crippen molar-refractivity contribution < 1.29 is 13.6 Å². The largest absolute Gasteiger partial charge is 0.359 e. The summed E-state index contributed by atoms with van der Waals surface area (Å²) in [6.07, 6.45) is 2.77. The number of urea groups is 1. The van der Waals surface area contributed by atoms with E-state index in [1.165, 1.54) is 6.20 Å². The number of nitrogens with zero attached hydrogens (tertiary/aromatic N) is 2. The number of halogens is 4. The number of rotatable bonds is 3. The van der Waals surface area contributed by atoms with Crippen molar-refractivity contribution in [1.82, 2.24) is 9.97 Å². The maximum absolute atomic E-state index is 13.3. The van der Waals surface area contributed by atoms with Crippen LogP contribution in [-0.2, 0) is 0 Å². The zero-order valence-electron chi connectivity index (χ0n) is 15.1. The van der Waals surface area contributed by atoms with Crippen molar-refractivity contribution in [1.29, 1.82) is 0 Å². The normalized spacial score (nSPS) is 16.1. The van der Waals surface area contributed by atoms with E-state index in [0.717, 1.165) is 10.9 Å². The third-order valence-corrected chi connectivity index (χ3v) is 5.52. The van der Waals surface area contributed by atoms with Crippen LogP contribution in [0.1, 0.15) is 12.8 Å². The summed E-state index contributed by atoms with van der Waals surface area (Å²) in [5, 5.41) is 6.96. The van der Waals surface area contributed by atoms with E-state index in [2.05, 4.69) is 20.6 Å². The number of carbonyl (C=O) groups is 1. The Morgan fingerprint density at radius 1 is 1.14 bits per heavy atom. The van der Waals surface area contributed by atoms with Gasteiger partial charge in [0.15, 0.2) is 0 Å². The minimum Gasteiger partial charge on any atom is -0.359 e. The maximum atomic E-state index is 13.3. The van der Waals surface area contributed by atoms with Crippen molar-refractivity contribution in [3.63, 3.8) is 0 Å². The second-order valence-electron chi connectivity index (χ2n) is 6.84. The van der Waals surface area contributed by atoms with E-state index in [1.54, 1.807) is 30.5 Å². The van der Waals surface area contributed by atoms with Gasteiger partial charge in [-0.1, -0.05) is 23.2 Å². The van der Waals surface area contributed by atoms with E-state index in [4.69, 9.17) is 23.2 Å². The molecular weight excluding hydrogens is 423 g/mol. The average Bonchev–Trinajstić information content (AvgIpc) is 3.04. The van der Waals surface area contributed by atoms with Gasteiger partial charge in [0.1, 0.15) is 5.82 Å². The van der Waals surface area contributed by atoms with E-state index in [9.17, 15) is 13.6 Å². The Labute approximate surface area is 175 Å². The number of alkyl halides is 2. The van der Waals surface area contributed by atoms with Gasteiger partial charge in [0, 0.05) is 43.0 Å². The van der Waals surface area contributed by atoms with Gasteiger partial charge in [-0.25, -0.2) is 18.6 Å². The Kier molecular flexibility index (Phi) is 5.23. The minimum absolute atomic E-state index is 0.184. The molecule has 6 nitrogen and oxygen atoms in total. The number of carbonyl (C=O) groups excluding carboxylic acids is 1. The fraction of sp³-hybridized carbons (Fsp3) is 0.263. The van der Waals surface area contributed by atoms with Crippen LogP contribution in [0.2, 0.25) is 10.0 Å². The summed E-state index contributed by atoms with van der Waals surface area (Å²) in [6, 6.07) is 6.28. The average molecular weight is 440 g/mol. The van der Waals surface area contributed by atoms with Crippen LogP contribution in [0.5, 0.6) is 0 Å². The van der Waals surface area contributed by atoms with Crippen LogP contribution in [0.25, 0.3) is 10.9 Å². The van der Waals surface area contributed by atoms with E-state index < -0.39 is 12.0 Å². The number of aromatic nitrogens is 2. The number of pyridine rings is 1. The highest BCUT2D eigenvalue weighted by Gasteiger charge is 2.34. The number of hydrogen-bond acceptors (Lipinski definition) is 3. The van der Waals surface area contributed by atoms with Crippen molar-refractivity contribution >= 4 is 57.3 Å². The molecule has 2 amide bonds. The summed E-state index contributed by atoms with van der Waals surface area (Å²) in [4.78, 5) is 21.4. The van der Waals surface area contributed by atoms with Crippen LogP contribution in [0.3, 0.4) is 0 Å². The number of anilines is 3. The summed E-state index contributed by atoms with van der Waals surface area (Å²) in [5.41, 5.74) is 1.78. The second kappa shape index (κ2) is 7.68. The molecule has 0 unspecified atom stereocenters. The number of aromatic amines is 1. The fourth-order valence-electron chi connectivity index (χ4n) is 3.21. The van der Waals surface area contributed by atoms with Gasteiger partial charge >= 0.3 is 6.03 Å². The Balaban J connectivity index is 1.40. The molecule has 0 atom stereocenters. The first kappa shape index (κ1) is 19.7. The number of H-pyrrole nitrogens is 1. The summed E-state index contributed by atoms with van der Waals surface area (Å²) < 4.78 is 26.6. The summed E-state index contributed by atoms with van der Waals surface area (Å²) >= 11 is 12.0. The lowest BCUT2D eigenvalue weighted by atomic mass is 10.1. The number of hydrogen-bond donors (Lipinski definition) is 3. The van der Waals surface area contributed by atoms with Gasteiger partial charge in [-0.2, -0.15) is 0 Å². The molecule has 1 fully saturated rings. The molecule has 3 heterocycles. The molecule has 1 aromatic carbocycles. The van der Waals surface area contributed by atoms with Crippen LogP contribution in [0.4, 0.5) is 30.8 Å². The van der Waals surface area contributed by atoms with E-state index in [0.29, 0.717) is 27.2 Å². The SMILES string of the molecule is O=C(Nc1ccc(N2CCC(F)(F)CC2)nc1)Nc1c[nH]c2cc(Cl)c(Cl)cc12. The monoisotopic (exact) mass is 439 g/mol. The van der Waals surface area contributed by atoms with Gasteiger partial charge in [0.2, 0.25) is 0 Å². The Bertz CT molecular complexity index is 1040. The number of nitrogens with one attached hydrogen (secondary N) is 3. The van der Waals surface area contributed by atoms with Crippen LogP contribution >= 0.6 is 23.2 Å². The zero-order valence-corrected chi connectivity index (χ0v) is 16.6. The topological polar surface area (TPSA) is 73.1 Å². The lowest BCUT2D eigenvalue weighted by molar-refractivity contribution is -0.0221. The maximum Gasteiger partial charge on any atom is 0.323 e. The molecule has 10 heteroatoms. The highest BCUT2D eigenvalue weighted by molar-refractivity contribution is 6.43. The lowest BCUT2D eigenvalue weighted by Crippen LogP contribution is -2.39. The molecule has 3 aromatic rings. The van der Waals surface area contributed by atoms with Gasteiger partial charge in [0.25, 0.3) is 5.92 Å². The molecule has 0 aliphatic carbocycles. The van der Waals surface area contributed by atoms with Crippen molar-refractivity contribution in [3.05, 3.63) is 46.7 Å². The Morgan fingerprint density at radius 2 is 1.86 bits per heavy atom. The third-order valence-electron chi connectivity index (χ3n) is 4.80.